The van der Waals surface area contributed by atoms with Crippen LogP contribution in [-0.2, 0) is 4.79 Å². The van der Waals surface area contributed by atoms with E-state index >= 15 is 0 Å². The molecule has 2 nitrogen and oxygen atoms in total. The number of methoxy groups -OCH3 is 1. The van der Waals surface area contributed by atoms with Crippen molar-refractivity contribution in [3.8, 4) is 5.75 Å². The normalized spacial score (nSPS) is 24.9. The van der Waals surface area contributed by atoms with Gasteiger partial charge in [0, 0.05) is 6.42 Å². The Kier molecular flexibility index (Phi) is 3.48. The van der Waals surface area contributed by atoms with Crippen LogP contribution < -0.4 is 4.74 Å². The van der Waals surface area contributed by atoms with E-state index in [9.17, 15) is 4.79 Å². The summed E-state index contributed by atoms with van der Waals surface area (Å²) in [7, 11) is 1.69. The van der Waals surface area contributed by atoms with Crippen LogP contribution in [0.3, 0.4) is 0 Å². The molecule has 0 amide bonds. The first-order valence-electron chi connectivity index (χ1n) is 7.71. The monoisotopic (exact) mass is 282 g/mol. The van der Waals surface area contributed by atoms with E-state index in [4.69, 9.17) is 4.74 Å². The number of rotatable bonds is 3. The minimum Gasteiger partial charge on any atom is -0.497 e. The van der Waals surface area contributed by atoms with E-state index in [1.54, 1.807) is 7.11 Å². The molecule has 0 fully saturated rings. The molecule has 2 aliphatic carbocycles. The molecular formula is C19H22O2. The van der Waals surface area contributed by atoms with Crippen molar-refractivity contribution < 1.29 is 9.53 Å². The predicted molar refractivity (Wildman–Crippen MR) is 85.3 cm³/mol. The van der Waals surface area contributed by atoms with E-state index < -0.39 is 0 Å². The van der Waals surface area contributed by atoms with Crippen molar-refractivity contribution in [2.45, 2.75) is 39.5 Å². The second-order valence-electron chi connectivity index (χ2n) is 6.12. The first-order chi connectivity index (χ1) is 10.1. The molecule has 1 aromatic rings. The molecule has 0 heterocycles. The summed E-state index contributed by atoms with van der Waals surface area (Å²) in [6, 6.07) is 8.28. The Morgan fingerprint density at radius 3 is 2.57 bits per heavy atom. The van der Waals surface area contributed by atoms with Gasteiger partial charge in [-0.1, -0.05) is 25.1 Å². The van der Waals surface area contributed by atoms with Crippen LogP contribution in [0.1, 0.15) is 45.1 Å². The highest BCUT2D eigenvalue weighted by molar-refractivity contribution is 5.96. The number of ketones is 1. The summed E-state index contributed by atoms with van der Waals surface area (Å²) in [6.45, 7) is 4.31. The molecule has 110 valence electrons. The largest absolute Gasteiger partial charge is 0.497 e. The minimum atomic E-state index is -0.235. The second kappa shape index (κ2) is 5.18. The van der Waals surface area contributed by atoms with Crippen molar-refractivity contribution in [1.29, 1.82) is 0 Å². The van der Waals surface area contributed by atoms with Gasteiger partial charge >= 0.3 is 0 Å². The SMILES string of the molecule is CCC1=C(c2ccc(OC)cc2)CC[C@@]2(C)C(=O)CC=C12. The Morgan fingerprint density at radius 2 is 1.95 bits per heavy atom. The smallest absolute Gasteiger partial charge is 0.146 e. The number of hydrogen-bond donors (Lipinski definition) is 0. The number of carbonyl (C=O) groups is 1. The Labute approximate surface area is 126 Å². The molecule has 0 unspecified atom stereocenters. The van der Waals surface area contributed by atoms with Gasteiger partial charge in [0.2, 0.25) is 0 Å². The minimum absolute atomic E-state index is 0.235. The number of ether oxygens (including phenoxy) is 1. The highest BCUT2D eigenvalue weighted by Gasteiger charge is 2.44. The van der Waals surface area contributed by atoms with Gasteiger partial charge in [0.25, 0.3) is 0 Å². The zero-order valence-corrected chi connectivity index (χ0v) is 13.0. The quantitative estimate of drug-likeness (QED) is 0.812. The molecule has 2 aliphatic rings. The van der Waals surface area contributed by atoms with Crippen LogP contribution in [0, 0.1) is 5.41 Å². The van der Waals surface area contributed by atoms with E-state index in [1.165, 1.54) is 22.3 Å². The third-order valence-corrected chi connectivity index (χ3v) is 5.06. The van der Waals surface area contributed by atoms with E-state index in [-0.39, 0.29) is 5.41 Å². The number of allylic oxidation sites excluding steroid dienone is 4. The summed E-state index contributed by atoms with van der Waals surface area (Å²) in [5.74, 6) is 1.27. The molecule has 0 saturated heterocycles. The standard InChI is InChI=1S/C19H22O2/c1-4-15-16(13-5-7-14(21-3)8-6-13)11-12-19(2)17(15)9-10-18(19)20/h5-9H,4,10-12H2,1-3H3/t19-/m1/s1. The second-order valence-corrected chi connectivity index (χ2v) is 6.12. The molecule has 0 aromatic heterocycles. The van der Waals surface area contributed by atoms with Crippen LogP contribution in [0.15, 0.2) is 41.5 Å². The lowest BCUT2D eigenvalue weighted by Crippen LogP contribution is -2.29. The van der Waals surface area contributed by atoms with Crippen LogP contribution >= 0.6 is 0 Å². The Morgan fingerprint density at radius 1 is 1.24 bits per heavy atom. The fraction of sp³-hybridized carbons (Fsp3) is 0.421. The molecule has 0 N–H and O–H groups in total. The van der Waals surface area contributed by atoms with Gasteiger partial charge in [0.15, 0.2) is 0 Å². The van der Waals surface area contributed by atoms with E-state index in [1.807, 2.05) is 12.1 Å². The van der Waals surface area contributed by atoms with Gasteiger partial charge in [0.05, 0.1) is 12.5 Å². The Balaban J connectivity index is 2.06. The zero-order chi connectivity index (χ0) is 15.0. The fourth-order valence-corrected chi connectivity index (χ4v) is 3.73. The van der Waals surface area contributed by atoms with Crippen LogP contribution in [0.2, 0.25) is 0 Å². The number of benzene rings is 1. The molecule has 2 heteroatoms. The zero-order valence-electron chi connectivity index (χ0n) is 13.0. The maximum atomic E-state index is 12.2. The van der Waals surface area contributed by atoms with Crippen molar-refractivity contribution in [1.82, 2.24) is 0 Å². The molecule has 1 atom stereocenters. The molecule has 21 heavy (non-hydrogen) atoms. The summed E-state index contributed by atoms with van der Waals surface area (Å²) >= 11 is 0. The lowest BCUT2D eigenvalue weighted by atomic mass is 9.68. The van der Waals surface area contributed by atoms with Gasteiger partial charge in [-0.15, -0.1) is 0 Å². The molecule has 3 rings (SSSR count). The van der Waals surface area contributed by atoms with Crippen molar-refractivity contribution in [2.75, 3.05) is 7.11 Å². The Bertz CT molecular complexity index is 634. The maximum absolute atomic E-state index is 12.2. The van der Waals surface area contributed by atoms with Gasteiger partial charge in [-0.05, 0) is 60.6 Å². The van der Waals surface area contributed by atoms with Crippen LogP contribution in [0.25, 0.3) is 5.57 Å². The molecule has 1 aromatic carbocycles. The topological polar surface area (TPSA) is 26.3 Å². The number of carbonyl (C=O) groups excluding carboxylic acids is 1. The van der Waals surface area contributed by atoms with Crippen LogP contribution in [-0.4, -0.2) is 12.9 Å². The van der Waals surface area contributed by atoms with Gasteiger partial charge in [-0.2, -0.15) is 0 Å². The van der Waals surface area contributed by atoms with Gasteiger partial charge in [-0.3, -0.25) is 4.79 Å². The van der Waals surface area contributed by atoms with Gasteiger partial charge in [-0.25, -0.2) is 0 Å². The average Bonchev–Trinajstić information content (AvgIpc) is 2.82. The molecular weight excluding hydrogens is 260 g/mol. The third kappa shape index (κ3) is 2.14. The van der Waals surface area contributed by atoms with Gasteiger partial charge in [0.1, 0.15) is 11.5 Å². The lowest BCUT2D eigenvalue weighted by molar-refractivity contribution is -0.124. The number of fused-ring (bicyclic) bond motifs is 1. The van der Waals surface area contributed by atoms with Crippen LogP contribution in [0.4, 0.5) is 0 Å². The molecule has 0 aliphatic heterocycles. The molecule has 0 spiro atoms. The Hall–Kier alpha value is -1.83. The third-order valence-electron chi connectivity index (χ3n) is 5.06. The summed E-state index contributed by atoms with van der Waals surface area (Å²) in [5, 5.41) is 0. The highest BCUT2D eigenvalue weighted by atomic mass is 16.5. The average molecular weight is 282 g/mol. The summed E-state index contributed by atoms with van der Waals surface area (Å²) in [4.78, 5) is 12.2. The highest BCUT2D eigenvalue weighted by Crippen LogP contribution is 2.51. The lowest BCUT2D eigenvalue weighted by Gasteiger charge is -2.35. The first-order valence-corrected chi connectivity index (χ1v) is 7.71. The summed E-state index contributed by atoms with van der Waals surface area (Å²) < 4.78 is 5.24. The van der Waals surface area contributed by atoms with E-state index in [0.29, 0.717) is 12.2 Å². The molecule has 0 saturated carbocycles. The van der Waals surface area contributed by atoms with Crippen molar-refractivity contribution in [3.63, 3.8) is 0 Å². The van der Waals surface area contributed by atoms with Crippen molar-refractivity contribution in [2.24, 2.45) is 5.41 Å². The van der Waals surface area contributed by atoms with Crippen LogP contribution in [0.5, 0.6) is 5.75 Å². The van der Waals surface area contributed by atoms with E-state index in [2.05, 4.69) is 32.1 Å². The maximum Gasteiger partial charge on any atom is 0.146 e. The molecule has 0 bridgehead atoms. The summed E-state index contributed by atoms with van der Waals surface area (Å²) in [5.41, 5.74) is 5.08. The predicted octanol–water partition coefficient (Wildman–Crippen LogP) is 4.56. The first kappa shape index (κ1) is 14.1. The number of hydrogen-bond acceptors (Lipinski definition) is 2. The fourth-order valence-electron chi connectivity index (χ4n) is 3.73. The van der Waals surface area contributed by atoms with E-state index in [0.717, 1.165) is 25.0 Å². The van der Waals surface area contributed by atoms with Crippen molar-refractivity contribution in [3.05, 3.63) is 47.1 Å². The number of Topliss-reactive ketones (excluding diaryl/α,β-unsaturated/α-hetero) is 1. The van der Waals surface area contributed by atoms with Gasteiger partial charge < -0.3 is 4.74 Å². The summed E-state index contributed by atoms with van der Waals surface area (Å²) in [6.07, 6.45) is 5.66. The molecule has 0 radical (unpaired) electrons. The van der Waals surface area contributed by atoms with Crippen molar-refractivity contribution >= 4 is 11.4 Å².